The number of pyridine rings is 1. The second-order valence-electron chi connectivity index (χ2n) is 9.28. The summed E-state index contributed by atoms with van der Waals surface area (Å²) in [6.45, 7) is 1.88. The number of aromatic nitrogens is 1. The highest BCUT2D eigenvalue weighted by Crippen LogP contribution is 2.61. The largest absolute Gasteiger partial charge is 0.354 e. The normalized spacial score (nSPS) is 39.0. The number of carbonyl (C=O) groups is 1. The summed E-state index contributed by atoms with van der Waals surface area (Å²) in [5, 5.41) is 3.35. The highest BCUT2D eigenvalue weighted by Gasteiger charge is 2.51. The van der Waals surface area contributed by atoms with E-state index in [1.807, 2.05) is 18.3 Å². The van der Waals surface area contributed by atoms with Gasteiger partial charge < -0.3 is 10.2 Å². The maximum absolute atomic E-state index is 12.8. The Bertz CT molecular complexity index is 609. The molecule has 25 heavy (non-hydrogen) atoms. The molecule has 4 nitrogen and oxygen atoms in total. The lowest BCUT2D eigenvalue weighted by Gasteiger charge is -2.56. The average Bonchev–Trinajstić information content (AvgIpc) is 3.02. The van der Waals surface area contributed by atoms with Crippen LogP contribution in [0.25, 0.3) is 0 Å². The summed E-state index contributed by atoms with van der Waals surface area (Å²) in [6.07, 6.45) is 11.9. The summed E-state index contributed by atoms with van der Waals surface area (Å²) in [5.74, 6) is 4.09. The quantitative estimate of drug-likeness (QED) is 0.915. The molecule has 134 valence electrons. The number of anilines is 1. The van der Waals surface area contributed by atoms with E-state index >= 15 is 0 Å². The zero-order valence-electron chi connectivity index (χ0n) is 15.0. The second-order valence-corrected chi connectivity index (χ2v) is 9.28. The third kappa shape index (κ3) is 3.04. The van der Waals surface area contributed by atoms with Gasteiger partial charge in [0.1, 0.15) is 5.82 Å². The van der Waals surface area contributed by atoms with Gasteiger partial charge in [0.05, 0.1) is 0 Å². The van der Waals surface area contributed by atoms with E-state index in [0.29, 0.717) is 11.3 Å². The summed E-state index contributed by atoms with van der Waals surface area (Å²) in [7, 11) is 0. The molecular weight excluding hydrogens is 310 g/mol. The molecular formula is C21H29N3O. The van der Waals surface area contributed by atoms with Crippen LogP contribution in [0.4, 0.5) is 5.82 Å². The maximum Gasteiger partial charge on any atom is 0.220 e. The standard InChI is InChI=1S/C21H29N3O/c25-20(13-21-10-15-7-16(11-21)9-17(8-15)12-21)23-18-4-6-24(14-18)19-3-1-2-5-22-19/h1-3,5,15-18H,4,6-14H2,(H,23,25). The van der Waals surface area contributed by atoms with Crippen molar-refractivity contribution in [1.82, 2.24) is 10.3 Å². The molecule has 0 spiro atoms. The molecule has 1 aromatic rings. The molecule has 5 aliphatic rings. The van der Waals surface area contributed by atoms with Crippen LogP contribution in [-0.4, -0.2) is 30.0 Å². The van der Waals surface area contributed by atoms with Crippen molar-refractivity contribution in [3.05, 3.63) is 24.4 Å². The summed E-state index contributed by atoms with van der Waals surface area (Å²) in [4.78, 5) is 19.5. The van der Waals surface area contributed by atoms with Crippen molar-refractivity contribution in [2.75, 3.05) is 18.0 Å². The van der Waals surface area contributed by atoms with Gasteiger partial charge in [0.15, 0.2) is 0 Å². The Labute approximate surface area is 150 Å². The molecule has 6 rings (SSSR count). The van der Waals surface area contributed by atoms with Gasteiger partial charge in [-0.1, -0.05) is 6.07 Å². The van der Waals surface area contributed by atoms with Crippen LogP contribution in [0, 0.1) is 23.2 Å². The van der Waals surface area contributed by atoms with Crippen LogP contribution in [0.2, 0.25) is 0 Å². The molecule has 1 amide bonds. The molecule has 1 N–H and O–H groups in total. The Morgan fingerprint density at radius 2 is 1.88 bits per heavy atom. The van der Waals surface area contributed by atoms with Crippen molar-refractivity contribution in [3.8, 4) is 0 Å². The fourth-order valence-corrected chi connectivity index (χ4v) is 6.75. The van der Waals surface area contributed by atoms with Crippen molar-refractivity contribution in [3.63, 3.8) is 0 Å². The fourth-order valence-electron chi connectivity index (χ4n) is 6.75. The second kappa shape index (κ2) is 6.00. The van der Waals surface area contributed by atoms with Crippen LogP contribution >= 0.6 is 0 Å². The Kier molecular flexibility index (Phi) is 3.76. The molecule has 4 heteroatoms. The van der Waals surface area contributed by atoms with Crippen molar-refractivity contribution >= 4 is 11.7 Å². The highest BCUT2D eigenvalue weighted by molar-refractivity contribution is 5.77. The minimum atomic E-state index is 0.281. The zero-order valence-corrected chi connectivity index (χ0v) is 15.0. The first-order valence-electron chi connectivity index (χ1n) is 10.1. The predicted octanol–water partition coefficient (Wildman–Crippen LogP) is 3.38. The first kappa shape index (κ1) is 15.7. The molecule has 1 aliphatic heterocycles. The lowest BCUT2D eigenvalue weighted by Crippen LogP contribution is -2.49. The third-order valence-electron chi connectivity index (χ3n) is 7.23. The van der Waals surface area contributed by atoms with E-state index in [1.165, 1.54) is 38.5 Å². The monoisotopic (exact) mass is 339 g/mol. The van der Waals surface area contributed by atoms with Gasteiger partial charge in [-0.05, 0) is 80.2 Å². The van der Waals surface area contributed by atoms with Gasteiger partial charge >= 0.3 is 0 Å². The smallest absolute Gasteiger partial charge is 0.220 e. The van der Waals surface area contributed by atoms with E-state index in [0.717, 1.165) is 49.5 Å². The van der Waals surface area contributed by atoms with E-state index in [2.05, 4.69) is 21.3 Å². The minimum Gasteiger partial charge on any atom is -0.354 e. The average molecular weight is 339 g/mol. The molecule has 1 saturated heterocycles. The van der Waals surface area contributed by atoms with Crippen molar-refractivity contribution in [2.45, 2.75) is 57.4 Å². The molecule has 0 radical (unpaired) electrons. The van der Waals surface area contributed by atoms with Crippen LogP contribution < -0.4 is 10.2 Å². The molecule has 4 saturated carbocycles. The number of hydrogen-bond donors (Lipinski definition) is 1. The maximum atomic E-state index is 12.8. The minimum absolute atomic E-state index is 0.281. The molecule has 5 fully saturated rings. The summed E-state index contributed by atoms with van der Waals surface area (Å²) < 4.78 is 0. The Hall–Kier alpha value is -1.58. The molecule has 1 aromatic heterocycles. The summed E-state index contributed by atoms with van der Waals surface area (Å²) >= 11 is 0. The van der Waals surface area contributed by atoms with Gasteiger partial charge in [-0.2, -0.15) is 0 Å². The van der Waals surface area contributed by atoms with E-state index in [-0.39, 0.29) is 6.04 Å². The lowest BCUT2D eigenvalue weighted by atomic mass is 9.49. The summed E-state index contributed by atoms with van der Waals surface area (Å²) in [5.41, 5.74) is 0.345. The number of carbonyl (C=O) groups excluding carboxylic acids is 1. The zero-order chi connectivity index (χ0) is 16.9. The highest BCUT2D eigenvalue weighted by atomic mass is 16.1. The SMILES string of the molecule is O=C(CC12CC3CC(CC(C3)C1)C2)NC1CCN(c2ccccn2)C1. The molecule has 2 heterocycles. The molecule has 1 unspecified atom stereocenters. The summed E-state index contributed by atoms with van der Waals surface area (Å²) in [6, 6.07) is 6.31. The van der Waals surface area contributed by atoms with E-state index < -0.39 is 0 Å². The molecule has 4 aliphatic carbocycles. The number of amides is 1. The van der Waals surface area contributed by atoms with E-state index in [9.17, 15) is 4.79 Å². The number of hydrogen-bond acceptors (Lipinski definition) is 3. The van der Waals surface area contributed by atoms with Gasteiger partial charge in [0.2, 0.25) is 5.91 Å². The Morgan fingerprint density at radius 1 is 1.16 bits per heavy atom. The van der Waals surface area contributed by atoms with Gasteiger partial charge in [-0.15, -0.1) is 0 Å². The van der Waals surface area contributed by atoms with Crippen LogP contribution in [0.15, 0.2) is 24.4 Å². The van der Waals surface area contributed by atoms with Gasteiger partial charge in [0.25, 0.3) is 0 Å². The van der Waals surface area contributed by atoms with Crippen LogP contribution in [0.3, 0.4) is 0 Å². The first-order chi connectivity index (χ1) is 12.2. The molecule has 4 bridgehead atoms. The van der Waals surface area contributed by atoms with Crippen molar-refractivity contribution in [2.24, 2.45) is 23.2 Å². The lowest BCUT2D eigenvalue weighted by molar-refractivity contribution is -0.130. The van der Waals surface area contributed by atoms with Crippen molar-refractivity contribution < 1.29 is 4.79 Å². The molecule has 0 aromatic carbocycles. The number of nitrogens with one attached hydrogen (secondary N) is 1. The predicted molar refractivity (Wildman–Crippen MR) is 98.2 cm³/mol. The van der Waals surface area contributed by atoms with Gasteiger partial charge in [-0.3, -0.25) is 4.79 Å². The Balaban J connectivity index is 1.18. The third-order valence-corrected chi connectivity index (χ3v) is 7.23. The number of nitrogens with zero attached hydrogens (tertiary/aromatic N) is 2. The number of rotatable bonds is 4. The fraction of sp³-hybridized carbons (Fsp3) is 0.714. The topological polar surface area (TPSA) is 45.2 Å². The Morgan fingerprint density at radius 3 is 2.52 bits per heavy atom. The van der Waals surface area contributed by atoms with Gasteiger partial charge in [-0.25, -0.2) is 4.98 Å². The first-order valence-corrected chi connectivity index (χ1v) is 10.1. The van der Waals surface area contributed by atoms with Crippen molar-refractivity contribution in [1.29, 1.82) is 0 Å². The van der Waals surface area contributed by atoms with Gasteiger partial charge in [0, 0.05) is 31.7 Å². The van der Waals surface area contributed by atoms with Crippen LogP contribution in [0.5, 0.6) is 0 Å². The van der Waals surface area contributed by atoms with Crippen LogP contribution in [-0.2, 0) is 4.79 Å². The van der Waals surface area contributed by atoms with E-state index in [4.69, 9.17) is 0 Å². The van der Waals surface area contributed by atoms with Crippen LogP contribution in [0.1, 0.15) is 51.4 Å². The molecule has 1 atom stereocenters. The van der Waals surface area contributed by atoms with E-state index in [1.54, 1.807) is 0 Å².